The Labute approximate surface area is 71.3 Å². The van der Waals surface area contributed by atoms with Crippen LogP contribution in [0.5, 0.6) is 0 Å². The summed E-state index contributed by atoms with van der Waals surface area (Å²) >= 11 is 0. The normalized spacial score (nSPS) is 16.8. The van der Waals surface area contributed by atoms with E-state index in [9.17, 15) is 0 Å². The Bertz CT molecular complexity index is 286. The molecule has 1 aliphatic rings. The quantitative estimate of drug-likeness (QED) is 0.582. The molecule has 0 aliphatic carbocycles. The molecule has 2 heterocycles. The van der Waals surface area contributed by atoms with E-state index in [-0.39, 0.29) is 0 Å². The van der Waals surface area contributed by atoms with Crippen molar-refractivity contribution < 1.29 is 9.47 Å². The lowest BCUT2D eigenvalue weighted by Gasteiger charge is -2.03. The number of nitrogens with zero attached hydrogens (tertiary/aromatic N) is 1. The molecule has 3 nitrogen and oxygen atoms in total. The molecule has 2 rings (SSSR count). The second-order valence-corrected chi connectivity index (χ2v) is 2.91. The Morgan fingerprint density at radius 1 is 1.25 bits per heavy atom. The molecule has 0 radical (unpaired) electrons. The van der Waals surface area contributed by atoms with Gasteiger partial charge in [0.25, 0.3) is 0 Å². The molecule has 0 saturated heterocycles. The zero-order valence-electron chi connectivity index (χ0n) is 7.04. The maximum absolute atomic E-state index is 5.23. The van der Waals surface area contributed by atoms with Crippen LogP contribution < -0.4 is 0 Å². The number of ether oxygens (including phenoxy) is 2. The minimum absolute atomic E-state index is 0.383. The summed E-state index contributed by atoms with van der Waals surface area (Å²) in [6.07, 6.45) is 1.86. The number of rotatable bonds is 0. The highest BCUT2D eigenvalue weighted by Crippen LogP contribution is 2.14. The topological polar surface area (TPSA) is 31.4 Å². The Balaban J connectivity index is 2.36. The summed E-state index contributed by atoms with van der Waals surface area (Å²) in [7, 11) is 0. The Morgan fingerprint density at radius 3 is 2.83 bits per heavy atom. The molecule has 0 amide bonds. The summed E-state index contributed by atoms with van der Waals surface area (Å²) in [6.45, 7) is 3.61. The van der Waals surface area contributed by atoms with E-state index in [1.54, 1.807) is 0 Å². The van der Waals surface area contributed by atoms with E-state index in [1.807, 2.05) is 19.2 Å². The van der Waals surface area contributed by atoms with Crippen molar-refractivity contribution in [2.24, 2.45) is 0 Å². The maximum atomic E-state index is 5.23. The molecule has 1 aromatic heterocycles. The van der Waals surface area contributed by atoms with E-state index in [0.29, 0.717) is 20.0 Å². The number of fused-ring (bicyclic) bond motifs is 1. The summed E-state index contributed by atoms with van der Waals surface area (Å²) < 4.78 is 10.4. The molecule has 1 aromatic rings. The van der Waals surface area contributed by atoms with Crippen molar-refractivity contribution in [3.63, 3.8) is 0 Å². The third-order valence-corrected chi connectivity index (χ3v) is 1.90. The van der Waals surface area contributed by atoms with Gasteiger partial charge in [-0.05, 0) is 18.6 Å². The number of hydrogen-bond donors (Lipinski definition) is 0. The van der Waals surface area contributed by atoms with Gasteiger partial charge in [0.2, 0.25) is 0 Å². The van der Waals surface area contributed by atoms with Crippen molar-refractivity contribution in [1.29, 1.82) is 0 Å². The highest BCUT2D eigenvalue weighted by atomic mass is 16.7. The molecular weight excluding hydrogens is 154 g/mol. The molecule has 0 N–H and O–H groups in total. The van der Waals surface area contributed by atoms with Crippen LogP contribution in [0.25, 0.3) is 0 Å². The summed E-state index contributed by atoms with van der Waals surface area (Å²) in [6, 6.07) is 2.05. The number of pyridine rings is 1. The van der Waals surface area contributed by atoms with Crippen LogP contribution in [-0.2, 0) is 22.7 Å². The molecule has 0 spiro atoms. The number of aromatic nitrogens is 1. The molecule has 0 saturated carbocycles. The van der Waals surface area contributed by atoms with Gasteiger partial charge in [0.05, 0.1) is 13.2 Å². The van der Waals surface area contributed by atoms with E-state index >= 15 is 0 Å². The fourth-order valence-electron chi connectivity index (χ4n) is 1.27. The van der Waals surface area contributed by atoms with Crippen LogP contribution in [0.4, 0.5) is 0 Å². The van der Waals surface area contributed by atoms with Crippen LogP contribution in [0.15, 0.2) is 12.3 Å². The van der Waals surface area contributed by atoms with E-state index < -0.39 is 0 Å². The van der Waals surface area contributed by atoms with E-state index in [2.05, 4.69) is 4.98 Å². The lowest BCUT2D eigenvalue weighted by Crippen LogP contribution is -1.94. The zero-order valence-corrected chi connectivity index (χ0v) is 7.04. The second-order valence-electron chi connectivity index (χ2n) is 2.91. The van der Waals surface area contributed by atoms with Crippen molar-refractivity contribution >= 4 is 0 Å². The zero-order chi connectivity index (χ0) is 8.39. The summed E-state index contributed by atoms with van der Waals surface area (Å²) in [5.41, 5.74) is 3.36. The molecule has 1 aliphatic heterocycles. The SMILES string of the molecule is Cc1cc2c(cn1)COCOC2. The van der Waals surface area contributed by atoms with Crippen LogP contribution in [0.2, 0.25) is 0 Å². The molecule has 0 bridgehead atoms. The van der Waals surface area contributed by atoms with Gasteiger partial charge in [-0.25, -0.2) is 0 Å². The average molecular weight is 165 g/mol. The molecular formula is C9H11NO2. The van der Waals surface area contributed by atoms with E-state index in [4.69, 9.17) is 9.47 Å². The fraction of sp³-hybridized carbons (Fsp3) is 0.444. The maximum Gasteiger partial charge on any atom is 0.147 e. The van der Waals surface area contributed by atoms with E-state index in [0.717, 1.165) is 11.3 Å². The van der Waals surface area contributed by atoms with Crippen LogP contribution in [-0.4, -0.2) is 11.8 Å². The average Bonchev–Trinajstić information content (AvgIpc) is 2.28. The van der Waals surface area contributed by atoms with Gasteiger partial charge < -0.3 is 9.47 Å². The smallest absolute Gasteiger partial charge is 0.147 e. The van der Waals surface area contributed by atoms with Gasteiger partial charge in [0.1, 0.15) is 6.79 Å². The monoisotopic (exact) mass is 165 g/mol. The van der Waals surface area contributed by atoms with Crippen LogP contribution in [0, 0.1) is 6.92 Å². The Morgan fingerprint density at radius 2 is 2.00 bits per heavy atom. The van der Waals surface area contributed by atoms with Crippen LogP contribution >= 0.6 is 0 Å². The van der Waals surface area contributed by atoms with Crippen molar-refractivity contribution in [2.45, 2.75) is 20.1 Å². The van der Waals surface area contributed by atoms with Gasteiger partial charge in [-0.15, -0.1) is 0 Å². The van der Waals surface area contributed by atoms with Gasteiger partial charge in [0.15, 0.2) is 0 Å². The largest absolute Gasteiger partial charge is 0.351 e. The van der Waals surface area contributed by atoms with Crippen LogP contribution in [0.1, 0.15) is 16.8 Å². The summed E-state index contributed by atoms with van der Waals surface area (Å²) in [5.74, 6) is 0. The van der Waals surface area contributed by atoms with Gasteiger partial charge in [-0.2, -0.15) is 0 Å². The minimum Gasteiger partial charge on any atom is -0.351 e. The molecule has 0 unspecified atom stereocenters. The van der Waals surface area contributed by atoms with Gasteiger partial charge in [0, 0.05) is 17.5 Å². The highest BCUT2D eigenvalue weighted by Gasteiger charge is 2.07. The predicted octanol–water partition coefficient (Wildman–Crippen LogP) is 1.39. The first kappa shape index (κ1) is 7.71. The number of aryl methyl sites for hydroxylation is 1. The Kier molecular flexibility index (Phi) is 2.06. The van der Waals surface area contributed by atoms with Gasteiger partial charge >= 0.3 is 0 Å². The van der Waals surface area contributed by atoms with Gasteiger partial charge in [-0.3, -0.25) is 4.98 Å². The minimum atomic E-state index is 0.383. The lowest BCUT2D eigenvalue weighted by atomic mass is 10.1. The summed E-state index contributed by atoms with van der Waals surface area (Å²) in [4.78, 5) is 4.20. The molecule has 0 fully saturated rings. The Hall–Kier alpha value is -0.930. The first-order valence-corrected chi connectivity index (χ1v) is 3.96. The van der Waals surface area contributed by atoms with E-state index in [1.165, 1.54) is 5.56 Å². The molecule has 3 heteroatoms. The van der Waals surface area contributed by atoms with Crippen molar-refractivity contribution in [3.05, 3.63) is 29.1 Å². The number of hydrogen-bond acceptors (Lipinski definition) is 3. The second kappa shape index (κ2) is 3.21. The van der Waals surface area contributed by atoms with Gasteiger partial charge in [-0.1, -0.05) is 0 Å². The standard InChI is InChI=1S/C9H11NO2/c1-7-2-8-4-11-6-12-5-9(8)3-10-7/h2-3H,4-6H2,1H3. The third kappa shape index (κ3) is 1.47. The lowest BCUT2D eigenvalue weighted by molar-refractivity contribution is -0.0587. The molecule has 12 heavy (non-hydrogen) atoms. The first-order valence-electron chi connectivity index (χ1n) is 3.96. The fourth-order valence-corrected chi connectivity index (χ4v) is 1.27. The highest BCUT2D eigenvalue weighted by molar-refractivity contribution is 5.25. The molecule has 64 valence electrons. The van der Waals surface area contributed by atoms with Crippen molar-refractivity contribution in [3.8, 4) is 0 Å². The summed E-state index contributed by atoms with van der Waals surface area (Å²) in [5, 5.41) is 0. The first-order chi connectivity index (χ1) is 5.86. The van der Waals surface area contributed by atoms with Crippen LogP contribution in [0.3, 0.4) is 0 Å². The van der Waals surface area contributed by atoms with Crippen molar-refractivity contribution in [2.75, 3.05) is 6.79 Å². The molecule has 0 aromatic carbocycles. The van der Waals surface area contributed by atoms with Crippen molar-refractivity contribution in [1.82, 2.24) is 4.98 Å². The predicted molar refractivity (Wildman–Crippen MR) is 43.4 cm³/mol. The molecule has 0 atom stereocenters. The third-order valence-electron chi connectivity index (χ3n) is 1.90.